The van der Waals surface area contributed by atoms with Crippen LogP contribution in [0.25, 0.3) is 0 Å². The van der Waals surface area contributed by atoms with Crippen LogP contribution in [0.4, 0.5) is 0 Å². The monoisotopic (exact) mass is 366 g/mol. The predicted molar refractivity (Wildman–Crippen MR) is 73.8 cm³/mol. The second kappa shape index (κ2) is 8.16. The molecule has 1 aromatic heterocycles. The summed E-state index contributed by atoms with van der Waals surface area (Å²) in [4.78, 5) is 4.30. The molecule has 96 valence electrons. The van der Waals surface area contributed by atoms with Crippen LogP contribution >= 0.6 is 31.9 Å². The molecule has 0 saturated carbocycles. The van der Waals surface area contributed by atoms with Crippen molar-refractivity contribution in [3.8, 4) is 0 Å². The Bertz CT molecular complexity index is 350. The molecule has 4 nitrogen and oxygen atoms in total. The number of hydrogen-bond acceptors (Lipinski definition) is 4. The summed E-state index contributed by atoms with van der Waals surface area (Å²) in [7, 11) is 1.65. The van der Waals surface area contributed by atoms with E-state index in [0.29, 0.717) is 13.2 Å². The van der Waals surface area contributed by atoms with Gasteiger partial charge in [-0.3, -0.25) is 4.98 Å². The smallest absolute Gasteiger partial charge is 0.0684 e. The van der Waals surface area contributed by atoms with Crippen molar-refractivity contribution in [2.45, 2.75) is 19.0 Å². The van der Waals surface area contributed by atoms with Crippen LogP contribution in [0.1, 0.15) is 12.1 Å². The van der Waals surface area contributed by atoms with E-state index in [9.17, 15) is 5.11 Å². The number of nitrogens with one attached hydrogen (secondary N) is 1. The lowest BCUT2D eigenvalue weighted by Crippen LogP contribution is -2.33. The minimum Gasteiger partial charge on any atom is -0.395 e. The highest BCUT2D eigenvalue weighted by molar-refractivity contribution is 9.11. The first kappa shape index (κ1) is 15.0. The third-order valence-electron chi connectivity index (χ3n) is 2.33. The zero-order valence-corrected chi connectivity index (χ0v) is 12.8. The highest BCUT2D eigenvalue weighted by Gasteiger charge is 2.08. The van der Waals surface area contributed by atoms with E-state index in [4.69, 9.17) is 4.74 Å². The largest absolute Gasteiger partial charge is 0.395 e. The zero-order valence-electron chi connectivity index (χ0n) is 9.62. The molecule has 0 bridgehead atoms. The average molecular weight is 368 g/mol. The molecule has 17 heavy (non-hydrogen) atoms. The summed E-state index contributed by atoms with van der Waals surface area (Å²) in [5.74, 6) is 0. The van der Waals surface area contributed by atoms with E-state index < -0.39 is 0 Å². The Hall–Kier alpha value is -0.0100. The number of methoxy groups -OCH3 is 1. The van der Waals surface area contributed by atoms with Gasteiger partial charge in [0.2, 0.25) is 0 Å². The predicted octanol–water partition coefficient (Wildman–Crippen LogP) is 2.09. The minimum absolute atomic E-state index is 0.0345. The van der Waals surface area contributed by atoms with E-state index in [1.165, 1.54) is 0 Å². The number of hydrogen-bond donors (Lipinski definition) is 2. The van der Waals surface area contributed by atoms with E-state index >= 15 is 0 Å². The number of halogens is 2. The molecule has 0 aromatic carbocycles. The van der Waals surface area contributed by atoms with Gasteiger partial charge in [-0.2, -0.15) is 0 Å². The average Bonchev–Trinajstić information content (AvgIpc) is 2.31. The van der Waals surface area contributed by atoms with E-state index in [2.05, 4.69) is 42.2 Å². The standard InChI is InChI=1S/C11H16Br2N2O2/c1-17-3-2-9(7-16)14-6-11-10(13)4-8(12)5-15-11/h4-5,9,14,16H,2-3,6-7H2,1H3. The highest BCUT2D eigenvalue weighted by Crippen LogP contribution is 2.19. The van der Waals surface area contributed by atoms with Crippen LogP contribution in [0.2, 0.25) is 0 Å². The normalized spacial score (nSPS) is 12.7. The van der Waals surface area contributed by atoms with Crippen molar-refractivity contribution in [2.24, 2.45) is 0 Å². The van der Waals surface area contributed by atoms with Gasteiger partial charge in [-0.25, -0.2) is 0 Å². The maximum Gasteiger partial charge on any atom is 0.0684 e. The van der Waals surface area contributed by atoms with Crippen molar-refractivity contribution in [2.75, 3.05) is 20.3 Å². The van der Waals surface area contributed by atoms with Crippen molar-refractivity contribution in [3.63, 3.8) is 0 Å². The second-order valence-corrected chi connectivity index (χ2v) is 5.39. The minimum atomic E-state index is 0.0345. The summed E-state index contributed by atoms with van der Waals surface area (Å²) in [6.45, 7) is 1.34. The lowest BCUT2D eigenvalue weighted by molar-refractivity contribution is 0.159. The van der Waals surface area contributed by atoms with Gasteiger partial charge in [0.05, 0.1) is 12.3 Å². The number of ether oxygens (including phenoxy) is 1. The maximum atomic E-state index is 9.19. The molecule has 1 aromatic rings. The van der Waals surface area contributed by atoms with Crippen molar-refractivity contribution in [1.29, 1.82) is 0 Å². The summed E-state index contributed by atoms with van der Waals surface area (Å²) in [6.07, 6.45) is 2.53. The third kappa shape index (κ3) is 5.44. The Morgan fingerprint density at radius 3 is 2.88 bits per heavy atom. The summed E-state index contributed by atoms with van der Waals surface area (Å²) >= 11 is 6.81. The Labute approximate surface area is 118 Å². The summed E-state index contributed by atoms with van der Waals surface area (Å²) < 4.78 is 6.87. The molecule has 0 aliphatic carbocycles. The molecule has 0 spiro atoms. The molecule has 0 aliphatic heterocycles. The number of aliphatic hydroxyl groups excluding tert-OH is 1. The number of rotatable bonds is 7. The van der Waals surface area contributed by atoms with E-state index in [1.54, 1.807) is 13.3 Å². The van der Waals surface area contributed by atoms with Gasteiger partial charge >= 0.3 is 0 Å². The fourth-order valence-corrected chi connectivity index (χ4v) is 2.46. The molecule has 0 fully saturated rings. The van der Waals surface area contributed by atoms with Crippen molar-refractivity contribution < 1.29 is 9.84 Å². The molecule has 1 heterocycles. The van der Waals surface area contributed by atoms with E-state index in [-0.39, 0.29) is 12.6 Å². The first-order chi connectivity index (χ1) is 8.17. The lowest BCUT2D eigenvalue weighted by atomic mass is 10.2. The summed E-state index contributed by atoms with van der Waals surface area (Å²) in [5.41, 5.74) is 0.920. The first-order valence-corrected chi connectivity index (χ1v) is 6.89. The Kier molecular flexibility index (Phi) is 7.22. The van der Waals surface area contributed by atoms with E-state index in [0.717, 1.165) is 21.1 Å². The van der Waals surface area contributed by atoms with Gasteiger partial charge in [0.15, 0.2) is 0 Å². The van der Waals surface area contributed by atoms with Crippen LogP contribution in [0.5, 0.6) is 0 Å². The van der Waals surface area contributed by atoms with Gasteiger partial charge < -0.3 is 15.2 Å². The molecular weight excluding hydrogens is 352 g/mol. The van der Waals surface area contributed by atoms with Gasteiger partial charge in [-0.1, -0.05) is 0 Å². The third-order valence-corrected chi connectivity index (χ3v) is 3.45. The molecular formula is C11H16Br2N2O2. The molecule has 6 heteroatoms. The second-order valence-electron chi connectivity index (χ2n) is 3.62. The molecule has 0 saturated heterocycles. The number of aromatic nitrogens is 1. The number of nitrogens with zero attached hydrogens (tertiary/aromatic N) is 1. The highest BCUT2D eigenvalue weighted by atomic mass is 79.9. The van der Waals surface area contributed by atoms with Gasteiger partial charge in [0.1, 0.15) is 0 Å². The maximum absolute atomic E-state index is 9.19. The molecule has 0 amide bonds. The number of pyridine rings is 1. The van der Waals surface area contributed by atoms with Gasteiger partial charge in [-0.05, 0) is 44.3 Å². The van der Waals surface area contributed by atoms with Gasteiger partial charge in [-0.15, -0.1) is 0 Å². The lowest BCUT2D eigenvalue weighted by Gasteiger charge is -2.15. The quantitative estimate of drug-likeness (QED) is 0.774. The van der Waals surface area contributed by atoms with Crippen molar-refractivity contribution >= 4 is 31.9 Å². The van der Waals surface area contributed by atoms with Gasteiger partial charge in [0.25, 0.3) is 0 Å². The fraction of sp³-hybridized carbons (Fsp3) is 0.545. The van der Waals surface area contributed by atoms with Gasteiger partial charge in [0, 0.05) is 41.4 Å². The van der Waals surface area contributed by atoms with Crippen LogP contribution in [0.3, 0.4) is 0 Å². The van der Waals surface area contributed by atoms with Crippen LogP contribution in [0.15, 0.2) is 21.2 Å². The molecule has 0 radical (unpaired) electrons. The Morgan fingerprint density at radius 2 is 2.29 bits per heavy atom. The van der Waals surface area contributed by atoms with Crippen molar-refractivity contribution in [3.05, 3.63) is 26.9 Å². The first-order valence-electron chi connectivity index (χ1n) is 5.30. The zero-order chi connectivity index (χ0) is 12.7. The molecule has 1 unspecified atom stereocenters. The van der Waals surface area contributed by atoms with Crippen molar-refractivity contribution in [1.82, 2.24) is 10.3 Å². The Morgan fingerprint density at radius 1 is 1.53 bits per heavy atom. The molecule has 0 aliphatic rings. The molecule has 2 N–H and O–H groups in total. The van der Waals surface area contributed by atoms with Crippen LogP contribution in [0, 0.1) is 0 Å². The van der Waals surface area contributed by atoms with Crippen LogP contribution in [-0.4, -0.2) is 36.5 Å². The topological polar surface area (TPSA) is 54.4 Å². The summed E-state index contributed by atoms with van der Waals surface area (Å²) in [6, 6.07) is 1.99. The van der Waals surface area contributed by atoms with E-state index in [1.807, 2.05) is 6.07 Å². The summed E-state index contributed by atoms with van der Waals surface area (Å²) in [5, 5.41) is 12.4. The fourth-order valence-electron chi connectivity index (χ4n) is 1.33. The Balaban J connectivity index is 2.47. The SMILES string of the molecule is COCCC(CO)NCc1ncc(Br)cc1Br. The molecule has 1 atom stereocenters. The molecule has 1 rings (SSSR count). The number of aliphatic hydroxyl groups is 1. The van der Waals surface area contributed by atoms with Crippen LogP contribution < -0.4 is 5.32 Å². The van der Waals surface area contributed by atoms with Crippen LogP contribution in [-0.2, 0) is 11.3 Å².